The molecule has 1 radical (unpaired) electrons. The molecule has 2 nitrogen and oxygen atoms in total. The van der Waals surface area contributed by atoms with E-state index in [0.29, 0.717) is 6.42 Å². The first-order chi connectivity index (χ1) is 5.41. The van der Waals surface area contributed by atoms with Crippen LogP contribution in [0.4, 0.5) is 13.2 Å². The Morgan fingerprint density at radius 2 is 1.83 bits per heavy atom. The van der Waals surface area contributed by atoms with Crippen LogP contribution in [0.2, 0.25) is 0 Å². The monoisotopic (exact) mass is 182 g/mol. The summed E-state index contributed by atoms with van der Waals surface area (Å²) in [5, 5.41) is 10.9. The average Bonchev–Trinajstić information content (AvgIpc) is 1.92. The van der Waals surface area contributed by atoms with E-state index in [-0.39, 0.29) is 12.8 Å². The van der Waals surface area contributed by atoms with E-state index in [4.69, 9.17) is 5.73 Å². The lowest BCUT2D eigenvalue weighted by Crippen LogP contribution is -2.42. The van der Waals surface area contributed by atoms with E-state index in [9.17, 15) is 18.3 Å². The van der Waals surface area contributed by atoms with Gasteiger partial charge in [0.25, 0.3) is 0 Å². The van der Waals surface area contributed by atoms with E-state index in [1.54, 1.807) is 0 Å². The van der Waals surface area contributed by atoms with Gasteiger partial charge >= 0.3 is 6.18 Å². The summed E-state index contributed by atoms with van der Waals surface area (Å²) in [5.74, 6) is -1.73. The molecule has 0 heterocycles. The van der Waals surface area contributed by atoms with Crippen LogP contribution in [0.3, 0.4) is 0 Å². The maximum absolute atomic E-state index is 12.1. The van der Waals surface area contributed by atoms with Crippen molar-refractivity contribution in [3.8, 4) is 0 Å². The van der Waals surface area contributed by atoms with Crippen LogP contribution in [-0.4, -0.2) is 18.3 Å². The van der Waals surface area contributed by atoms with Crippen molar-refractivity contribution < 1.29 is 18.3 Å². The highest BCUT2D eigenvalue weighted by molar-refractivity contribution is 4.85. The Hall–Kier alpha value is -0.290. The molecule has 1 rings (SSSR count). The van der Waals surface area contributed by atoms with Gasteiger partial charge in [-0.05, 0) is 19.3 Å². The van der Waals surface area contributed by atoms with Gasteiger partial charge < -0.3 is 5.73 Å². The predicted octanol–water partition coefficient (Wildman–Crippen LogP) is 1.48. The van der Waals surface area contributed by atoms with E-state index < -0.39 is 24.2 Å². The van der Waals surface area contributed by atoms with Crippen LogP contribution in [0.5, 0.6) is 0 Å². The average molecular weight is 182 g/mol. The molecule has 1 fully saturated rings. The zero-order valence-electron chi connectivity index (χ0n) is 6.47. The molecule has 0 aromatic carbocycles. The molecule has 1 aliphatic carbocycles. The Labute approximate surface area is 68.6 Å². The van der Waals surface area contributed by atoms with Gasteiger partial charge in [-0.2, -0.15) is 13.2 Å². The number of hydrogen-bond donors (Lipinski definition) is 1. The minimum atomic E-state index is -4.37. The first-order valence-corrected chi connectivity index (χ1v) is 3.89. The van der Waals surface area contributed by atoms with Gasteiger partial charge in [0, 0.05) is 6.04 Å². The largest absolute Gasteiger partial charge is 0.394 e. The normalized spacial score (nSPS) is 38.2. The van der Waals surface area contributed by atoms with Crippen molar-refractivity contribution >= 4 is 0 Å². The van der Waals surface area contributed by atoms with E-state index in [1.807, 2.05) is 0 Å². The number of nitrogens with two attached hydrogens (primary N) is 1. The third-order valence-corrected chi connectivity index (χ3v) is 2.25. The van der Waals surface area contributed by atoms with Crippen molar-refractivity contribution in [2.45, 2.75) is 37.6 Å². The van der Waals surface area contributed by atoms with Gasteiger partial charge in [0.05, 0.1) is 5.92 Å². The molecule has 71 valence electrons. The zero-order valence-corrected chi connectivity index (χ0v) is 6.47. The van der Waals surface area contributed by atoms with Crippen LogP contribution in [-0.2, 0) is 5.11 Å². The van der Waals surface area contributed by atoms with Gasteiger partial charge in [-0.1, -0.05) is 0 Å². The van der Waals surface area contributed by atoms with Crippen molar-refractivity contribution in [1.29, 1.82) is 0 Å². The molecule has 1 aliphatic rings. The molecule has 3 unspecified atom stereocenters. The standard InChI is InChI=1S/C7H11F3NO/c8-7(9,10)5-3-4(11)1-2-6(5)12/h4-6H,1-3,11H2. The molecule has 2 N–H and O–H groups in total. The molecule has 12 heavy (non-hydrogen) atoms. The lowest BCUT2D eigenvalue weighted by molar-refractivity contribution is -0.217. The molecule has 0 aromatic heterocycles. The van der Waals surface area contributed by atoms with Crippen LogP contribution in [0.1, 0.15) is 19.3 Å². The van der Waals surface area contributed by atoms with Crippen LogP contribution >= 0.6 is 0 Å². The van der Waals surface area contributed by atoms with Crippen molar-refractivity contribution in [2.75, 3.05) is 0 Å². The fourth-order valence-corrected chi connectivity index (χ4v) is 1.52. The zero-order chi connectivity index (χ0) is 9.35. The summed E-state index contributed by atoms with van der Waals surface area (Å²) in [4.78, 5) is 0. The Morgan fingerprint density at radius 3 is 2.25 bits per heavy atom. The fourth-order valence-electron chi connectivity index (χ4n) is 1.52. The Balaban J connectivity index is 2.61. The number of alkyl halides is 3. The molecule has 0 spiro atoms. The highest BCUT2D eigenvalue weighted by Crippen LogP contribution is 2.37. The second-order valence-corrected chi connectivity index (χ2v) is 3.26. The molecular weight excluding hydrogens is 171 g/mol. The molecule has 0 bridgehead atoms. The SMILES string of the molecule is NC1CCC([O])C(C(F)(F)F)C1. The molecule has 0 aromatic rings. The smallest absolute Gasteiger partial charge is 0.328 e. The highest BCUT2D eigenvalue weighted by atomic mass is 19.4. The number of hydrogen-bond acceptors (Lipinski definition) is 1. The predicted molar refractivity (Wildman–Crippen MR) is 35.8 cm³/mol. The first-order valence-electron chi connectivity index (χ1n) is 3.89. The molecule has 5 heteroatoms. The van der Waals surface area contributed by atoms with Crippen molar-refractivity contribution in [3.63, 3.8) is 0 Å². The summed E-state index contributed by atoms with van der Waals surface area (Å²) in [7, 11) is 0. The summed E-state index contributed by atoms with van der Waals surface area (Å²) in [6.07, 6.45) is -5.63. The van der Waals surface area contributed by atoms with Gasteiger partial charge in [0.1, 0.15) is 6.10 Å². The number of halogens is 3. The van der Waals surface area contributed by atoms with Crippen LogP contribution in [0.25, 0.3) is 0 Å². The van der Waals surface area contributed by atoms with Gasteiger partial charge in [-0.3, -0.25) is 0 Å². The molecule has 0 amide bonds. The van der Waals surface area contributed by atoms with Crippen molar-refractivity contribution in [3.05, 3.63) is 0 Å². The minimum Gasteiger partial charge on any atom is -0.328 e. The third-order valence-electron chi connectivity index (χ3n) is 2.25. The van der Waals surface area contributed by atoms with Gasteiger partial charge in [-0.15, -0.1) is 0 Å². The molecular formula is C7H11F3NO. The summed E-state index contributed by atoms with van der Waals surface area (Å²) in [6, 6.07) is -0.457. The van der Waals surface area contributed by atoms with E-state index >= 15 is 0 Å². The van der Waals surface area contributed by atoms with Crippen LogP contribution in [0, 0.1) is 5.92 Å². The summed E-state index contributed by atoms with van der Waals surface area (Å²) < 4.78 is 36.3. The van der Waals surface area contributed by atoms with Crippen molar-refractivity contribution in [2.24, 2.45) is 11.7 Å². The lowest BCUT2D eigenvalue weighted by Gasteiger charge is -2.31. The second kappa shape index (κ2) is 3.22. The highest BCUT2D eigenvalue weighted by Gasteiger charge is 2.47. The Bertz CT molecular complexity index is 159. The summed E-state index contributed by atoms with van der Waals surface area (Å²) in [6.45, 7) is 0. The molecule has 3 atom stereocenters. The Morgan fingerprint density at radius 1 is 1.25 bits per heavy atom. The van der Waals surface area contributed by atoms with Gasteiger partial charge in [0.15, 0.2) is 0 Å². The summed E-state index contributed by atoms with van der Waals surface area (Å²) >= 11 is 0. The topological polar surface area (TPSA) is 45.9 Å². The molecule has 0 aliphatic heterocycles. The minimum absolute atomic E-state index is 0.0470. The lowest BCUT2D eigenvalue weighted by atomic mass is 9.83. The summed E-state index contributed by atoms with van der Waals surface area (Å²) in [5.41, 5.74) is 5.35. The van der Waals surface area contributed by atoms with Gasteiger partial charge in [0.2, 0.25) is 0 Å². The number of rotatable bonds is 0. The maximum Gasteiger partial charge on any atom is 0.394 e. The van der Waals surface area contributed by atoms with E-state index in [2.05, 4.69) is 0 Å². The van der Waals surface area contributed by atoms with Gasteiger partial charge in [-0.25, -0.2) is 5.11 Å². The van der Waals surface area contributed by atoms with Crippen LogP contribution in [0.15, 0.2) is 0 Å². The quantitative estimate of drug-likeness (QED) is 0.605. The maximum atomic E-state index is 12.1. The first kappa shape index (κ1) is 9.80. The molecule has 0 saturated heterocycles. The fraction of sp³-hybridized carbons (Fsp3) is 1.00. The molecule has 1 saturated carbocycles. The van der Waals surface area contributed by atoms with Crippen molar-refractivity contribution in [1.82, 2.24) is 0 Å². The third kappa shape index (κ3) is 2.10. The second-order valence-electron chi connectivity index (χ2n) is 3.26. The van der Waals surface area contributed by atoms with E-state index in [1.165, 1.54) is 0 Å². The Kier molecular flexibility index (Phi) is 2.63. The van der Waals surface area contributed by atoms with Crippen LogP contribution < -0.4 is 5.73 Å². The van der Waals surface area contributed by atoms with E-state index in [0.717, 1.165) is 0 Å².